The number of rotatable bonds is 2. The van der Waals surface area contributed by atoms with E-state index in [4.69, 9.17) is 0 Å². The Morgan fingerprint density at radius 2 is 2.64 bits per heavy atom. The molecule has 0 aliphatic carbocycles. The predicted molar refractivity (Wildman–Crippen MR) is 44.0 cm³/mol. The molecule has 0 amide bonds. The third-order valence-electron chi connectivity index (χ3n) is 2.03. The van der Waals surface area contributed by atoms with Crippen molar-refractivity contribution < 1.29 is 0 Å². The lowest BCUT2D eigenvalue weighted by Crippen LogP contribution is -2.34. The topological polar surface area (TPSA) is 29.9 Å². The van der Waals surface area contributed by atoms with Crippen molar-refractivity contribution in [1.82, 2.24) is 15.1 Å². The minimum atomic E-state index is 0.531. The summed E-state index contributed by atoms with van der Waals surface area (Å²) in [5.74, 6) is 0. The highest BCUT2D eigenvalue weighted by atomic mass is 15.2. The predicted octanol–water partition coefficient (Wildman–Crippen LogP) is 1.02. The summed E-state index contributed by atoms with van der Waals surface area (Å²) in [6.07, 6.45) is 6.81. The Kier molecular flexibility index (Phi) is 1.51. The summed E-state index contributed by atoms with van der Waals surface area (Å²) in [6, 6.07) is 0.531. The Morgan fingerprint density at radius 1 is 1.82 bits per heavy atom. The van der Waals surface area contributed by atoms with Crippen molar-refractivity contribution in [2.45, 2.75) is 12.5 Å². The van der Waals surface area contributed by atoms with Gasteiger partial charge in [-0.05, 0) is 13.0 Å². The molecule has 3 heteroatoms. The van der Waals surface area contributed by atoms with Crippen molar-refractivity contribution in [2.24, 2.45) is 0 Å². The number of nitrogens with one attached hydrogen (secondary N) is 1. The number of aromatic nitrogens is 2. The minimum absolute atomic E-state index is 0.531. The highest BCUT2D eigenvalue weighted by molar-refractivity contribution is 5.21. The van der Waals surface area contributed by atoms with E-state index in [1.165, 1.54) is 12.0 Å². The van der Waals surface area contributed by atoms with Crippen molar-refractivity contribution >= 4 is 6.20 Å². The van der Waals surface area contributed by atoms with Crippen molar-refractivity contribution in [3.8, 4) is 0 Å². The van der Waals surface area contributed by atoms with Crippen molar-refractivity contribution in [1.29, 1.82) is 0 Å². The average molecular weight is 149 g/mol. The molecular weight excluding hydrogens is 138 g/mol. The van der Waals surface area contributed by atoms with Gasteiger partial charge in [0.2, 0.25) is 0 Å². The molecule has 58 valence electrons. The van der Waals surface area contributed by atoms with Gasteiger partial charge in [-0.25, -0.2) is 4.68 Å². The van der Waals surface area contributed by atoms with E-state index in [2.05, 4.69) is 17.0 Å². The highest BCUT2D eigenvalue weighted by Gasteiger charge is 2.19. The molecule has 1 N–H and O–H groups in total. The van der Waals surface area contributed by atoms with Crippen LogP contribution >= 0.6 is 0 Å². The molecule has 0 radical (unpaired) electrons. The van der Waals surface area contributed by atoms with Gasteiger partial charge in [-0.15, -0.1) is 0 Å². The SMILES string of the molecule is C=Cn1cc(C2CCN2)cn1. The lowest BCUT2D eigenvalue weighted by atomic mass is 10.0. The lowest BCUT2D eigenvalue weighted by molar-refractivity contribution is 0.383. The molecule has 1 aliphatic heterocycles. The molecule has 1 saturated heterocycles. The quantitative estimate of drug-likeness (QED) is 0.680. The molecule has 0 spiro atoms. The van der Waals surface area contributed by atoms with Crippen LogP contribution in [0.15, 0.2) is 19.0 Å². The number of nitrogens with zero attached hydrogens (tertiary/aromatic N) is 2. The average Bonchev–Trinajstić information content (AvgIpc) is 2.32. The van der Waals surface area contributed by atoms with Crippen LogP contribution in [0.4, 0.5) is 0 Å². The van der Waals surface area contributed by atoms with Crippen LogP contribution in [0.25, 0.3) is 6.20 Å². The Hall–Kier alpha value is -1.09. The van der Waals surface area contributed by atoms with Crippen LogP contribution in [0.1, 0.15) is 18.0 Å². The number of hydrogen-bond donors (Lipinski definition) is 1. The second-order valence-corrected chi connectivity index (χ2v) is 2.73. The molecule has 0 aromatic carbocycles. The van der Waals surface area contributed by atoms with Gasteiger partial charge in [0.15, 0.2) is 0 Å². The van der Waals surface area contributed by atoms with Crippen LogP contribution in [-0.2, 0) is 0 Å². The lowest BCUT2D eigenvalue weighted by Gasteiger charge is -2.26. The Morgan fingerprint density at radius 3 is 3.09 bits per heavy atom. The van der Waals surface area contributed by atoms with Crippen LogP contribution in [0, 0.1) is 0 Å². The summed E-state index contributed by atoms with van der Waals surface area (Å²) >= 11 is 0. The Labute approximate surface area is 65.7 Å². The maximum Gasteiger partial charge on any atom is 0.0541 e. The molecule has 2 rings (SSSR count). The van der Waals surface area contributed by atoms with Gasteiger partial charge < -0.3 is 5.32 Å². The fourth-order valence-corrected chi connectivity index (χ4v) is 1.21. The molecule has 1 fully saturated rings. The molecule has 3 nitrogen and oxygen atoms in total. The number of hydrogen-bond acceptors (Lipinski definition) is 2. The molecule has 1 aliphatic rings. The Bertz CT molecular complexity index is 260. The molecular formula is C8H11N3. The molecule has 1 aromatic rings. The summed E-state index contributed by atoms with van der Waals surface area (Å²) in [5.41, 5.74) is 1.26. The van der Waals surface area contributed by atoms with Gasteiger partial charge in [-0.2, -0.15) is 5.10 Å². The summed E-state index contributed by atoms with van der Waals surface area (Å²) in [5, 5.41) is 7.41. The maximum atomic E-state index is 4.10. The molecule has 1 unspecified atom stereocenters. The highest BCUT2D eigenvalue weighted by Crippen LogP contribution is 2.21. The molecule has 0 saturated carbocycles. The first kappa shape index (κ1) is 6.61. The summed E-state index contributed by atoms with van der Waals surface area (Å²) in [4.78, 5) is 0. The zero-order valence-corrected chi connectivity index (χ0v) is 6.33. The summed E-state index contributed by atoms with van der Waals surface area (Å²) < 4.78 is 1.73. The first-order valence-electron chi connectivity index (χ1n) is 3.80. The standard InChI is InChI=1S/C8H11N3/c1-2-11-6-7(5-10-11)8-3-4-9-8/h2,5-6,8-9H,1,3-4H2. The third-order valence-corrected chi connectivity index (χ3v) is 2.03. The van der Waals surface area contributed by atoms with E-state index in [9.17, 15) is 0 Å². The van der Waals surface area contributed by atoms with E-state index in [1.54, 1.807) is 10.9 Å². The monoisotopic (exact) mass is 149 g/mol. The second kappa shape index (κ2) is 2.51. The normalized spacial score (nSPS) is 22.7. The van der Waals surface area contributed by atoms with E-state index in [1.807, 2.05) is 12.4 Å². The van der Waals surface area contributed by atoms with Gasteiger partial charge in [-0.3, -0.25) is 0 Å². The van der Waals surface area contributed by atoms with Crippen LogP contribution in [0.2, 0.25) is 0 Å². The van der Waals surface area contributed by atoms with E-state index in [0.717, 1.165) is 6.54 Å². The molecule has 1 aromatic heterocycles. The van der Waals surface area contributed by atoms with Crippen LogP contribution in [0.5, 0.6) is 0 Å². The zero-order chi connectivity index (χ0) is 7.68. The van der Waals surface area contributed by atoms with E-state index in [-0.39, 0.29) is 0 Å². The Balaban J connectivity index is 2.17. The fourth-order valence-electron chi connectivity index (χ4n) is 1.21. The van der Waals surface area contributed by atoms with Crippen LogP contribution in [0.3, 0.4) is 0 Å². The van der Waals surface area contributed by atoms with Crippen molar-refractivity contribution in [2.75, 3.05) is 6.54 Å². The van der Waals surface area contributed by atoms with Crippen molar-refractivity contribution in [3.63, 3.8) is 0 Å². The second-order valence-electron chi connectivity index (χ2n) is 2.73. The van der Waals surface area contributed by atoms with Gasteiger partial charge >= 0.3 is 0 Å². The maximum absolute atomic E-state index is 4.10. The molecule has 11 heavy (non-hydrogen) atoms. The smallest absolute Gasteiger partial charge is 0.0541 e. The van der Waals surface area contributed by atoms with Crippen LogP contribution in [-0.4, -0.2) is 16.3 Å². The van der Waals surface area contributed by atoms with Gasteiger partial charge in [-0.1, -0.05) is 6.58 Å². The molecule has 1 atom stereocenters. The van der Waals surface area contributed by atoms with Gasteiger partial charge in [0.25, 0.3) is 0 Å². The summed E-state index contributed by atoms with van der Waals surface area (Å²) in [6.45, 7) is 4.76. The fraction of sp³-hybridized carbons (Fsp3) is 0.375. The van der Waals surface area contributed by atoms with Crippen molar-refractivity contribution in [3.05, 3.63) is 24.5 Å². The first-order valence-corrected chi connectivity index (χ1v) is 3.80. The summed E-state index contributed by atoms with van der Waals surface area (Å²) in [7, 11) is 0. The van der Waals surface area contributed by atoms with Crippen LogP contribution < -0.4 is 5.32 Å². The minimum Gasteiger partial charge on any atom is -0.310 e. The molecule has 2 heterocycles. The van der Waals surface area contributed by atoms with Gasteiger partial charge in [0.1, 0.15) is 0 Å². The third kappa shape index (κ3) is 1.07. The first-order chi connectivity index (χ1) is 5.40. The van der Waals surface area contributed by atoms with E-state index in [0.29, 0.717) is 6.04 Å². The van der Waals surface area contributed by atoms with Gasteiger partial charge in [0, 0.05) is 24.0 Å². The molecule has 0 bridgehead atoms. The van der Waals surface area contributed by atoms with E-state index >= 15 is 0 Å². The largest absolute Gasteiger partial charge is 0.310 e. The zero-order valence-electron chi connectivity index (χ0n) is 6.33. The van der Waals surface area contributed by atoms with E-state index < -0.39 is 0 Å². The van der Waals surface area contributed by atoms with Gasteiger partial charge in [0.05, 0.1) is 6.20 Å².